The smallest absolute Gasteiger partial charge is 0.141 e. The molecule has 17 heavy (non-hydrogen) atoms. The van der Waals surface area contributed by atoms with Gasteiger partial charge in [-0.15, -0.1) is 0 Å². The highest BCUT2D eigenvalue weighted by atomic mass is 79.9. The molecule has 0 spiro atoms. The average Bonchev–Trinajstić information content (AvgIpc) is 2.71. The van der Waals surface area contributed by atoms with Gasteiger partial charge in [-0.25, -0.2) is 4.39 Å². The number of hydrogen-bond acceptors (Lipinski definition) is 2. The highest BCUT2D eigenvalue weighted by molar-refractivity contribution is 9.10. The second-order valence-corrected chi connectivity index (χ2v) is 5.29. The van der Waals surface area contributed by atoms with E-state index in [1.807, 2.05) is 6.92 Å². The van der Waals surface area contributed by atoms with Crippen LogP contribution in [0.1, 0.15) is 18.9 Å². The van der Waals surface area contributed by atoms with Crippen molar-refractivity contribution in [1.82, 2.24) is 5.32 Å². The van der Waals surface area contributed by atoms with Crippen LogP contribution in [0.25, 0.3) is 0 Å². The Morgan fingerprint density at radius 1 is 1.59 bits per heavy atom. The molecule has 1 aliphatic heterocycles. The van der Waals surface area contributed by atoms with Crippen molar-refractivity contribution in [2.75, 3.05) is 6.54 Å². The van der Waals surface area contributed by atoms with E-state index in [-0.39, 0.29) is 23.6 Å². The van der Waals surface area contributed by atoms with E-state index in [1.54, 1.807) is 12.1 Å². The van der Waals surface area contributed by atoms with Crippen molar-refractivity contribution in [3.63, 3.8) is 0 Å². The lowest BCUT2D eigenvalue weighted by molar-refractivity contribution is -0.122. The van der Waals surface area contributed by atoms with Crippen LogP contribution in [0.4, 0.5) is 4.39 Å². The second-order valence-electron chi connectivity index (χ2n) is 4.49. The molecule has 1 aliphatic rings. The third-order valence-electron chi connectivity index (χ3n) is 3.34. The van der Waals surface area contributed by atoms with E-state index in [9.17, 15) is 9.18 Å². The number of nitrogens with one attached hydrogen (secondary N) is 1. The number of carbonyl (C=O) groups is 1. The van der Waals surface area contributed by atoms with Crippen molar-refractivity contribution in [1.29, 1.82) is 0 Å². The summed E-state index contributed by atoms with van der Waals surface area (Å²) in [7, 11) is 0. The maximum absolute atomic E-state index is 13.3. The van der Waals surface area contributed by atoms with Crippen LogP contribution in [0.15, 0.2) is 22.7 Å². The molecule has 0 saturated carbocycles. The molecule has 92 valence electrons. The number of hydrogen-bond donors (Lipinski definition) is 1. The summed E-state index contributed by atoms with van der Waals surface area (Å²) in [5.74, 6) is -0.0631. The average molecular weight is 300 g/mol. The van der Waals surface area contributed by atoms with Crippen LogP contribution < -0.4 is 5.32 Å². The molecule has 0 amide bonds. The number of Topliss-reactive ketones (excluding diaryl/α,β-unsaturated/α-hetero) is 1. The van der Waals surface area contributed by atoms with Gasteiger partial charge in [-0.05, 0) is 47.4 Å². The molecule has 0 aliphatic carbocycles. The molecule has 1 saturated heterocycles. The number of benzene rings is 1. The molecule has 1 aromatic rings. The summed E-state index contributed by atoms with van der Waals surface area (Å²) in [5, 5.41) is 3.26. The Balaban J connectivity index is 2.10. The lowest BCUT2D eigenvalue weighted by Gasteiger charge is -2.14. The minimum atomic E-state index is -0.312. The fourth-order valence-electron chi connectivity index (χ4n) is 2.30. The Morgan fingerprint density at radius 3 is 3.00 bits per heavy atom. The van der Waals surface area contributed by atoms with Crippen molar-refractivity contribution < 1.29 is 9.18 Å². The normalized spacial score (nSPS) is 23.9. The first-order valence-electron chi connectivity index (χ1n) is 5.78. The van der Waals surface area contributed by atoms with Crippen molar-refractivity contribution in [2.45, 2.75) is 25.8 Å². The Morgan fingerprint density at radius 2 is 2.35 bits per heavy atom. The summed E-state index contributed by atoms with van der Waals surface area (Å²) in [6, 6.07) is 5.05. The Bertz CT molecular complexity index is 435. The minimum Gasteiger partial charge on any atom is -0.314 e. The zero-order chi connectivity index (χ0) is 12.4. The molecule has 1 heterocycles. The molecule has 2 unspecified atom stereocenters. The predicted molar refractivity (Wildman–Crippen MR) is 68.4 cm³/mol. The Hall–Kier alpha value is -0.740. The molecule has 2 atom stereocenters. The first-order chi connectivity index (χ1) is 8.09. The van der Waals surface area contributed by atoms with Crippen LogP contribution in [0.2, 0.25) is 0 Å². The summed E-state index contributed by atoms with van der Waals surface area (Å²) in [5.41, 5.74) is 0.731. The van der Waals surface area contributed by atoms with Crippen LogP contribution in [0.5, 0.6) is 0 Å². The van der Waals surface area contributed by atoms with Gasteiger partial charge in [0.25, 0.3) is 0 Å². The zero-order valence-corrected chi connectivity index (χ0v) is 11.3. The van der Waals surface area contributed by atoms with Gasteiger partial charge in [0, 0.05) is 18.4 Å². The molecular formula is C13H15BrFNO. The largest absolute Gasteiger partial charge is 0.314 e. The number of carbonyl (C=O) groups excluding carboxylic acids is 1. The van der Waals surface area contributed by atoms with E-state index in [0.717, 1.165) is 18.5 Å². The van der Waals surface area contributed by atoms with Crippen molar-refractivity contribution in [2.24, 2.45) is 5.92 Å². The van der Waals surface area contributed by atoms with Gasteiger partial charge < -0.3 is 5.32 Å². The van der Waals surface area contributed by atoms with Gasteiger partial charge in [0.1, 0.15) is 11.6 Å². The quantitative estimate of drug-likeness (QED) is 0.930. The first-order valence-corrected chi connectivity index (χ1v) is 6.58. The minimum absolute atomic E-state index is 0.0603. The van der Waals surface area contributed by atoms with E-state index >= 15 is 0 Å². The molecule has 0 bridgehead atoms. The van der Waals surface area contributed by atoms with Crippen molar-refractivity contribution in [3.8, 4) is 0 Å². The van der Waals surface area contributed by atoms with Crippen LogP contribution in [-0.4, -0.2) is 18.4 Å². The predicted octanol–water partition coefficient (Wildman–Crippen LogP) is 2.70. The van der Waals surface area contributed by atoms with Crippen LogP contribution in [0, 0.1) is 11.7 Å². The first kappa shape index (κ1) is 12.7. The molecule has 4 heteroatoms. The van der Waals surface area contributed by atoms with Gasteiger partial charge in [0.15, 0.2) is 0 Å². The van der Waals surface area contributed by atoms with Crippen molar-refractivity contribution >= 4 is 21.7 Å². The highest BCUT2D eigenvalue weighted by Crippen LogP contribution is 2.24. The number of rotatable bonds is 3. The van der Waals surface area contributed by atoms with Gasteiger partial charge in [0.2, 0.25) is 0 Å². The van der Waals surface area contributed by atoms with E-state index in [0.29, 0.717) is 10.9 Å². The molecule has 1 aromatic carbocycles. The molecule has 2 nitrogen and oxygen atoms in total. The third kappa shape index (κ3) is 2.75. The monoisotopic (exact) mass is 299 g/mol. The van der Waals surface area contributed by atoms with Crippen LogP contribution in [-0.2, 0) is 11.2 Å². The summed E-state index contributed by atoms with van der Waals surface area (Å²) >= 11 is 3.19. The van der Waals surface area contributed by atoms with Gasteiger partial charge >= 0.3 is 0 Å². The maximum atomic E-state index is 13.3. The summed E-state index contributed by atoms with van der Waals surface area (Å²) in [6.45, 7) is 2.91. The molecule has 1 N–H and O–H groups in total. The van der Waals surface area contributed by atoms with Gasteiger partial charge in [-0.1, -0.05) is 12.1 Å². The van der Waals surface area contributed by atoms with Crippen LogP contribution >= 0.6 is 15.9 Å². The summed E-state index contributed by atoms with van der Waals surface area (Å²) < 4.78 is 13.7. The van der Waals surface area contributed by atoms with E-state index < -0.39 is 0 Å². The lowest BCUT2D eigenvalue weighted by atomic mass is 9.92. The maximum Gasteiger partial charge on any atom is 0.141 e. The van der Waals surface area contributed by atoms with Crippen molar-refractivity contribution in [3.05, 3.63) is 34.1 Å². The molecular weight excluding hydrogens is 285 g/mol. The second kappa shape index (κ2) is 5.27. The van der Waals surface area contributed by atoms with E-state index in [2.05, 4.69) is 21.2 Å². The molecule has 2 rings (SSSR count). The standard InChI is InChI=1S/C13H15BrFNO/c1-8-10(5-6-16-8)12(17)7-9-3-2-4-11(15)13(9)14/h2-4,8,10,16H,5-7H2,1H3. The molecule has 1 fully saturated rings. The molecule has 0 radical (unpaired) electrons. The van der Waals surface area contributed by atoms with E-state index in [4.69, 9.17) is 0 Å². The number of ketones is 1. The highest BCUT2D eigenvalue weighted by Gasteiger charge is 2.29. The fourth-order valence-corrected chi connectivity index (χ4v) is 2.71. The summed E-state index contributed by atoms with van der Waals surface area (Å²) in [6.07, 6.45) is 1.18. The zero-order valence-electron chi connectivity index (χ0n) is 9.67. The Labute approximate surface area is 109 Å². The van der Waals surface area contributed by atoms with E-state index in [1.165, 1.54) is 6.07 Å². The van der Waals surface area contributed by atoms with Gasteiger partial charge in [0.05, 0.1) is 4.47 Å². The van der Waals surface area contributed by atoms with Crippen LogP contribution in [0.3, 0.4) is 0 Å². The topological polar surface area (TPSA) is 29.1 Å². The molecule has 0 aromatic heterocycles. The lowest BCUT2D eigenvalue weighted by Crippen LogP contribution is -2.29. The van der Waals surface area contributed by atoms with Gasteiger partial charge in [-0.2, -0.15) is 0 Å². The fraction of sp³-hybridized carbons (Fsp3) is 0.462. The summed E-state index contributed by atoms with van der Waals surface area (Å²) in [4.78, 5) is 12.1. The third-order valence-corrected chi connectivity index (χ3v) is 4.22. The number of halogens is 2. The Kier molecular flexibility index (Phi) is 3.94. The SMILES string of the molecule is CC1NCCC1C(=O)Cc1cccc(F)c1Br. The van der Waals surface area contributed by atoms with Gasteiger partial charge in [-0.3, -0.25) is 4.79 Å².